The van der Waals surface area contributed by atoms with Crippen molar-refractivity contribution in [2.45, 2.75) is 27.6 Å². The Morgan fingerprint density at radius 2 is 1.74 bits per heavy atom. The van der Waals surface area contributed by atoms with Gasteiger partial charge in [-0.1, -0.05) is 14.9 Å². The average Bonchev–Trinajstić information content (AvgIpc) is 2.47. The molecule has 14 nitrogen and oxygen atoms in total. The number of nitrogens with two attached hydrogens (primary N) is 1. The average molecular weight is 461 g/mol. The van der Waals surface area contributed by atoms with Crippen molar-refractivity contribution >= 4 is 49.3 Å². The summed E-state index contributed by atoms with van der Waals surface area (Å²) < 4.78 is 0. The smallest absolute Gasteiger partial charge is 0.345 e. The quantitative estimate of drug-likeness (QED) is 0.0533. The normalized spacial score (nSPS) is 10.1. The van der Waals surface area contributed by atoms with Crippen molar-refractivity contribution in [3.05, 3.63) is 0 Å². The molecular formula is C12H22N9O5Y-. The van der Waals surface area contributed by atoms with Crippen LogP contribution in [0.25, 0.3) is 0 Å². The Morgan fingerprint density at radius 1 is 1.11 bits per heavy atom. The first-order chi connectivity index (χ1) is 11.4. The van der Waals surface area contributed by atoms with Gasteiger partial charge in [0.15, 0.2) is 6.29 Å². The van der Waals surface area contributed by atoms with Crippen LogP contribution in [-0.2, 0) is 47.1 Å². The Hall–Kier alpha value is -2.74. The van der Waals surface area contributed by atoms with Gasteiger partial charge in [-0.15, -0.1) is 0 Å². The van der Waals surface area contributed by atoms with Crippen LogP contribution in [0.2, 0.25) is 0 Å². The number of amides is 7. The molecular weight excluding hydrogens is 439 g/mol. The van der Waals surface area contributed by atoms with Gasteiger partial charge in [0.05, 0.1) is 12.7 Å². The fraction of sp³-hybridized carbons (Fsp3) is 0.333. The Bertz CT molecular complexity index is 567. The Labute approximate surface area is 181 Å². The van der Waals surface area contributed by atoms with E-state index in [0.717, 1.165) is 6.34 Å². The van der Waals surface area contributed by atoms with Crippen LogP contribution < -0.4 is 32.3 Å². The van der Waals surface area contributed by atoms with Gasteiger partial charge in [0, 0.05) is 32.7 Å². The van der Waals surface area contributed by atoms with E-state index in [-0.39, 0.29) is 47.6 Å². The van der Waals surface area contributed by atoms with E-state index in [0.29, 0.717) is 12.7 Å². The molecule has 27 heavy (non-hydrogen) atoms. The zero-order valence-electron chi connectivity index (χ0n) is 12.6. The van der Waals surface area contributed by atoms with E-state index >= 15 is 0 Å². The zero-order chi connectivity index (χ0) is 18.4. The maximum Gasteiger partial charge on any atom is 0.345 e. The number of carbonyl (C=O) groups is 4. The van der Waals surface area contributed by atoms with E-state index in [1.165, 1.54) is 6.41 Å². The van der Waals surface area contributed by atoms with Crippen LogP contribution >= 0.6 is 0 Å². The number of rotatable bonds is 8. The van der Waals surface area contributed by atoms with E-state index in [4.69, 9.17) is 11.1 Å². The number of carbonyl (C=O) groups excluding carboxylic acids is 5. The monoisotopic (exact) mass is 461 g/mol. The molecule has 0 aromatic heterocycles. The van der Waals surface area contributed by atoms with Gasteiger partial charge in [-0.3, -0.25) is 20.3 Å². The van der Waals surface area contributed by atoms with Gasteiger partial charge in [0.1, 0.15) is 12.8 Å². The third-order valence-electron chi connectivity index (χ3n) is 1.89. The Balaban J connectivity index is -0.000000882. The molecule has 7 amide bonds. The van der Waals surface area contributed by atoms with Crippen LogP contribution in [0.5, 0.6) is 0 Å². The van der Waals surface area contributed by atoms with Crippen LogP contribution in [0.3, 0.4) is 0 Å². The molecule has 0 rings (SSSR count). The molecule has 8 N–H and O–H groups in total. The minimum atomic E-state index is -1.37. The molecule has 0 aliphatic heterocycles. The number of hydrogen-bond donors (Lipinski definition) is 7. The van der Waals surface area contributed by atoms with Crippen LogP contribution in [0, 0.1) is 5.41 Å². The van der Waals surface area contributed by atoms with Gasteiger partial charge in [-0.25, -0.2) is 14.6 Å². The summed E-state index contributed by atoms with van der Waals surface area (Å²) in [5, 5.41) is 16.6. The maximum atomic E-state index is 11.4. The van der Waals surface area contributed by atoms with Gasteiger partial charge in [-0.2, -0.15) is 11.4 Å². The van der Waals surface area contributed by atoms with E-state index in [9.17, 15) is 24.0 Å². The summed E-state index contributed by atoms with van der Waals surface area (Å²) in [6.07, 6.45) is 1.25. The second-order valence-electron chi connectivity index (χ2n) is 3.57. The molecule has 149 valence electrons. The third kappa shape index (κ3) is 17.9. The molecule has 1 unspecified atom stereocenters. The second-order valence-corrected chi connectivity index (χ2v) is 3.57. The van der Waals surface area contributed by atoms with Crippen molar-refractivity contribution in [3.8, 4) is 0 Å². The predicted octanol–water partition coefficient (Wildman–Crippen LogP) is -2.14. The van der Waals surface area contributed by atoms with Crippen LogP contribution in [0.1, 0.15) is 21.3 Å². The first-order valence-corrected chi connectivity index (χ1v) is 6.01. The maximum absolute atomic E-state index is 11.4. The number of aliphatic imine (C=N–C) groups is 2. The summed E-state index contributed by atoms with van der Waals surface area (Å²) in [6, 6.07) is -1.95. The van der Waals surface area contributed by atoms with Crippen molar-refractivity contribution in [1.29, 1.82) is 5.41 Å². The van der Waals surface area contributed by atoms with Gasteiger partial charge >= 0.3 is 12.1 Å². The molecule has 1 atom stereocenters. The number of urea groups is 2. The van der Waals surface area contributed by atoms with Gasteiger partial charge in [-0.05, 0) is 0 Å². The van der Waals surface area contributed by atoms with Crippen molar-refractivity contribution < 1.29 is 56.7 Å². The van der Waals surface area contributed by atoms with Crippen molar-refractivity contribution in [3.63, 3.8) is 0 Å². The van der Waals surface area contributed by atoms with E-state index in [2.05, 4.69) is 9.98 Å². The molecule has 0 aromatic carbocycles. The number of nitrogens with zero attached hydrogens (tertiary/aromatic N) is 2. The van der Waals surface area contributed by atoms with Crippen LogP contribution in [-0.4, -0.2) is 55.6 Å². The number of hydrogen-bond acceptors (Lipinski definition) is 6. The molecule has 0 spiro atoms. The Morgan fingerprint density at radius 3 is 2.26 bits per heavy atom. The summed E-state index contributed by atoms with van der Waals surface area (Å²) in [4.78, 5) is 61.3. The third-order valence-corrected chi connectivity index (χ3v) is 1.89. The van der Waals surface area contributed by atoms with E-state index in [1.807, 2.05) is 26.6 Å². The van der Waals surface area contributed by atoms with Crippen molar-refractivity contribution in [1.82, 2.24) is 26.6 Å². The fourth-order valence-electron chi connectivity index (χ4n) is 1.05. The van der Waals surface area contributed by atoms with Gasteiger partial charge in [0.25, 0.3) is 5.91 Å². The second kappa shape index (κ2) is 19.6. The largest absolute Gasteiger partial charge is 0.520 e. The van der Waals surface area contributed by atoms with Crippen molar-refractivity contribution in [2.24, 2.45) is 15.7 Å². The molecule has 0 saturated heterocycles. The number of nitrogens with one attached hydrogen (secondary N) is 6. The molecule has 15 heteroatoms. The van der Waals surface area contributed by atoms with Gasteiger partial charge < -0.3 is 31.8 Å². The molecule has 0 aromatic rings. The summed E-state index contributed by atoms with van der Waals surface area (Å²) in [7, 11) is 0. The topological polar surface area (TPSA) is 220 Å². The molecule has 0 heterocycles. The SMILES string of the molecule is C.C.N=CNC(=O)NC(N[C-]=O)NC(=O)N=CNC(=O)CC(=O)N=CN.[Y]. The molecule has 1 radical (unpaired) electrons. The first-order valence-electron chi connectivity index (χ1n) is 6.01. The van der Waals surface area contributed by atoms with Crippen molar-refractivity contribution in [2.75, 3.05) is 0 Å². The molecule has 0 bridgehead atoms. The molecule has 0 aliphatic rings. The molecule has 0 saturated carbocycles. The Kier molecular flexibility index (Phi) is 23.2. The fourth-order valence-corrected chi connectivity index (χ4v) is 1.05. The van der Waals surface area contributed by atoms with E-state index in [1.54, 1.807) is 0 Å². The van der Waals surface area contributed by atoms with Crippen LogP contribution in [0.4, 0.5) is 9.59 Å². The zero-order valence-corrected chi connectivity index (χ0v) is 15.4. The van der Waals surface area contributed by atoms with E-state index < -0.39 is 36.6 Å². The first kappa shape index (κ1) is 32.0. The summed E-state index contributed by atoms with van der Waals surface area (Å²) in [5.41, 5.74) is 4.87. The summed E-state index contributed by atoms with van der Waals surface area (Å²) in [5.74, 6) is -1.58. The molecule has 0 aliphatic carbocycles. The molecule has 0 fully saturated rings. The van der Waals surface area contributed by atoms with Crippen LogP contribution in [0.15, 0.2) is 9.98 Å². The predicted molar refractivity (Wildman–Crippen MR) is 94.0 cm³/mol. The standard InChI is InChI=1S/C10H14N9O5.2CH4.Y/c11-2-13-6(21)1-7(22)15-4-16-10(24)19-8(17-5-20)18-9(23)14-3-12;;;/h2-4,8H,1H2,(H,17,20)(H2,11,13,21)(H3,12,14,18,23)(H2,15,16,19,22,24);2*1H4;/q-1;;;. The summed E-state index contributed by atoms with van der Waals surface area (Å²) >= 11 is 0. The minimum Gasteiger partial charge on any atom is -0.520 e. The summed E-state index contributed by atoms with van der Waals surface area (Å²) in [6.45, 7) is 0. The minimum absolute atomic E-state index is 0. The van der Waals surface area contributed by atoms with Gasteiger partial charge in [0.2, 0.25) is 5.91 Å².